The summed E-state index contributed by atoms with van der Waals surface area (Å²) in [6, 6.07) is 12.4. The summed E-state index contributed by atoms with van der Waals surface area (Å²) in [6.07, 6.45) is 0. The lowest BCUT2D eigenvalue weighted by atomic mass is 10.2. The van der Waals surface area contributed by atoms with Gasteiger partial charge in [-0.2, -0.15) is 5.26 Å². The molecule has 0 amide bonds. The maximum atomic E-state index is 12.2. The number of halogens is 1. The third kappa shape index (κ3) is 3.10. The summed E-state index contributed by atoms with van der Waals surface area (Å²) in [5.74, 6) is 0. The predicted octanol–water partition coefficient (Wildman–Crippen LogP) is 2.70. The Morgan fingerprint density at radius 1 is 1.15 bits per heavy atom. The van der Waals surface area contributed by atoms with Gasteiger partial charge < -0.3 is 5.73 Å². The summed E-state index contributed by atoms with van der Waals surface area (Å²) in [5.41, 5.74) is 6.83. The maximum absolute atomic E-state index is 12.2. The molecule has 0 fully saturated rings. The monoisotopic (exact) mass is 351 g/mol. The highest BCUT2D eigenvalue weighted by atomic mass is 79.9. The van der Waals surface area contributed by atoms with E-state index in [-0.39, 0.29) is 4.90 Å². The number of nitrogen functional groups attached to an aromatic ring is 1. The van der Waals surface area contributed by atoms with Gasteiger partial charge >= 0.3 is 0 Å². The van der Waals surface area contributed by atoms with Crippen LogP contribution in [0.2, 0.25) is 0 Å². The van der Waals surface area contributed by atoms with Crippen molar-refractivity contribution >= 4 is 37.3 Å². The fourth-order valence-electron chi connectivity index (χ4n) is 1.53. The van der Waals surface area contributed by atoms with Crippen LogP contribution in [0.1, 0.15) is 5.56 Å². The first-order valence-corrected chi connectivity index (χ1v) is 7.78. The molecule has 2 aromatic rings. The highest BCUT2D eigenvalue weighted by Crippen LogP contribution is 2.27. The standard InChI is InChI=1S/C13H10BrN3O2S/c14-12-6-3-10(16)7-13(12)17-20(18,19)11-4-1-9(8-15)2-5-11/h1-7,17H,16H2. The van der Waals surface area contributed by atoms with Crippen LogP contribution in [0.3, 0.4) is 0 Å². The number of benzene rings is 2. The Kier molecular flexibility index (Phi) is 3.97. The molecule has 0 atom stereocenters. The molecular weight excluding hydrogens is 342 g/mol. The van der Waals surface area contributed by atoms with E-state index in [9.17, 15) is 8.42 Å². The molecule has 2 rings (SSSR count). The summed E-state index contributed by atoms with van der Waals surface area (Å²) < 4.78 is 27.4. The van der Waals surface area contributed by atoms with Gasteiger partial charge in [-0.3, -0.25) is 4.72 Å². The summed E-state index contributed by atoms with van der Waals surface area (Å²) in [4.78, 5) is 0.0748. The third-order valence-electron chi connectivity index (χ3n) is 2.53. The zero-order valence-corrected chi connectivity index (χ0v) is 12.6. The molecule has 102 valence electrons. The Balaban J connectivity index is 2.35. The van der Waals surface area contributed by atoms with Crippen LogP contribution in [0.25, 0.3) is 0 Å². The Morgan fingerprint density at radius 2 is 1.80 bits per heavy atom. The second-order valence-electron chi connectivity index (χ2n) is 3.98. The van der Waals surface area contributed by atoms with Gasteiger partial charge in [-0.05, 0) is 58.4 Å². The van der Waals surface area contributed by atoms with E-state index in [0.29, 0.717) is 21.4 Å². The summed E-state index contributed by atoms with van der Waals surface area (Å²) in [5, 5.41) is 8.70. The number of nitriles is 1. The zero-order chi connectivity index (χ0) is 14.8. The normalized spacial score (nSPS) is 10.8. The van der Waals surface area contributed by atoms with E-state index in [4.69, 9.17) is 11.0 Å². The minimum absolute atomic E-state index is 0.0748. The summed E-state index contributed by atoms with van der Waals surface area (Å²) in [6.45, 7) is 0. The van der Waals surface area contributed by atoms with Crippen molar-refractivity contribution < 1.29 is 8.42 Å². The summed E-state index contributed by atoms with van der Waals surface area (Å²) >= 11 is 3.25. The topological polar surface area (TPSA) is 96.0 Å². The van der Waals surface area contributed by atoms with Gasteiger partial charge in [-0.15, -0.1) is 0 Å². The van der Waals surface area contributed by atoms with Crippen molar-refractivity contribution in [1.82, 2.24) is 0 Å². The molecule has 0 bridgehead atoms. The first-order chi connectivity index (χ1) is 9.42. The van der Waals surface area contributed by atoms with E-state index < -0.39 is 10.0 Å². The number of hydrogen-bond acceptors (Lipinski definition) is 4. The van der Waals surface area contributed by atoms with Crippen molar-refractivity contribution in [3.05, 3.63) is 52.5 Å². The minimum atomic E-state index is -3.72. The second kappa shape index (κ2) is 5.53. The highest BCUT2D eigenvalue weighted by Gasteiger charge is 2.15. The molecule has 0 radical (unpaired) electrons. The van der Waals surface area contributed by atoms with Crippen LogP contribution in [-0.2, 0) is 10.0 Å². The van der Waals surface area contributed by atoms with Crippen molar-refractivity contribution in [1.29, 1.82) is 5.26 Å². The number of hydrogen-bond donors (Lipinski definition) is 2. The van der Waals surface area contributed by atoms with Gasteiger partial charge in [0.05, 0.1) is 22.2 Å². The second-order valence-corrected chi connectivity index (χ2v) is 6.52. The lowest BCUT2D eigenvalue weighted by molar-refractivity contribution is 0.601. The first-order valence-electron chi connectivity index (χ1n) is 5.50. The predicted molar refractivity (Wildman–Crippen MR) is 80.5 cm³/mol. The lowest BCUT2D eigenvalue weighted by Gasteiger charge is -2.10. The van der Waals surface area contributed by atoms with Crippen molar-refractivity contribution in [3.8, 4) is 6.07 Å². The Labute approximate surface area is 125 Å². The van der Waals surface area contributed by atoms with Gasteiger partial charge in [0.1, 0.15) is 0 Å². The smallest absolute Gasteiger partial charge is 0.261 e. The average molecular weight is 352 g/mol. The average Bonchev–Trinajstić information content (AvgIpc) is 2.43. The summed E-state index contributed by atoms with van der Waals surface area (Å²) in [7, 11) is -3.72. The van der Waals surface area contributed by atoms with Crippen LogP contribution in [0.15, 0.2) is 51.8 Å². The molecular formula is C13H10BrN3O2S. The SMILES string of the molecule is N#Cc1ccc(S(=O)(=O)Nc2cc(N)ccc2Br)cc1. The van der Waals surface area contributed by atoms with E-state index in [1.165, 1.54) is 30.3 Å². The van der Waals surface area contributed by atoms with E-state index in [0.717, 1.165) is 0 Å². The molecule has 2 aromatic carbocycles. The molecule has 0 spiro atoms. The molecule has 0 unspecified atom stereocenters. The molecule has 0 aliphatic heterocycles. The van der Waals surface area contributed by atoms with Crippen LogP contribution in [0.5, 0.6) is 0 Å². The number of nitrogens with zero attached hydrogens (tertiary/aromatic N) is 1. The molecule has 7 heteroatoms. The van der Waals surface area contributed by atoms with Gasteiger partial charge in [0.2, 0.25) is 0 Å². The minimum Gasteiger partial charge on any atom is -0.399 e. The molecule has 0 aromatic heterocycles. The number of rotatable bonds is 3. The molecule has 0 heterocycles. The van der Waals surface area contributed by atoms with Gasteiger partial charge in [-0.25, -0.2) is 8.42 Å². The lowest BCUT2D eigenvalue weighted by Crippen LogP contribution is -2.13. The van der Waals surface area contributed by atoms with Gasteiger partial charge in [0, 0.05) is 10.2 Å². The maximum Gasteiger partial charge on any atom is 0.261 e. The molecule has 0 saturated heterocycles. The molecule has 0 aliphatic carbocycles. The number of anilines is 2. The molecule has 5 nitrogen and oxygen atoms in total. The van der Waals surface area contributed by atoms with Crippen LogP contribution >= 0.6 is 15.9 Å². The van der Waals surface area contributed by atoms with Gasteiger partial charge in [0.15, 0.2) is 0 Å². The van der Waals surface area contributed by atoms with Crippen molar-refractivity contribution in [3.63, 3.8) is 0 Å². The first kappa shape index (κ1) is 14.4. The molecule has 0 saturated carbocycles. The van der Waals surface area contributed by atoms with Crippen LogP contribution < -0.4 is 10.5 Å². The molecule has 3 N–H and O–H groups in total. The van der Waals surface area contributed by atoms with Crippen LogP contribution in [0.4, 0.5) is 11.4 Å². The van der Waals surface area contributed by atoms with Crippen molar-refractivity contribution in [2.75, 3.05) is 10.5 Å². The Bertz CT molecular complexity index is 780. The Hall–Kier alpha value is -2.04. The number of sulfonamides is 1. The van der Waals surface area contributed by atoms with E-state index in [1.54, 1.807) is 12.1 Å². The van der Waals surface area contributed by atoms with Crippen molar-refractivity contribution in [2.45, 2.75) is 4.90 Å². The van der Waals surface area contributed by atoms with Gasteiger partial charge in [-0.1, -0.05) is 0 Å². The molecule has 0 aliphatic rings. The fourth-order valence-corrected chi connectivity index (χ4v) is 3.08. The van der Waals surface area contributed by atoms with Crippen LogP contribution in [0, 0.1) is 11.3 Å². The highest BCUT2D eigenvalue weighted by molar-refractivity contribution is 9.10. The van der Waals surface area contributed by atoms with E-state index >= 15 is 0 Å². The van der Waals surface area contributed by atoms with E-state index in [2.05, 4.69) is 20.7 Å². The van der Waals surface area contributed by atoms with Crippen molar-refractivity contribution in [2.24, 2.45) is 0 Å². The number of nitrogens with one attached hydrogen (secondary N) is 1. The fraction of sp³-hybridized carbons (Fsp3) is 0. The largest absolute Gasteiger partial charge is 0.399 e. The van der Waals surface area contributed by atoms with E-state index in [1.807, 2.05) is 6.07 Å². The quantitative estimate of drug-likeness (QED) is 0.830. The Morgan fingerprint density at radius 3 is 2.40 bits per heavy atom. The zero-order valence-electron chi connectivity index (χ0n) is 10.2. The number of nitrogens with two attached hydrogens (primary N) is 1. The van der Waals surface area contributed by atoms with Crippen LogP contribution in [-0.4, -0.2) is 8.42 Å². The molecule has 20 heavy (non-hydrogen) atoms. The third-order valence-corrected chi connectivity index (χ3v) is 4.60. The van der Waals surface area contributed by atoms with Gasteiger partial charge in [0.25, 0.3) is 10.0 Å².